The van der Waals surface area contributed by atoms with Gasteiger partial charge < -0.3 is 4.90 Å². The lowest BCUT2D eigenvalue weighted by atomic mass is 10.2. The molecule has 1 aromatic heterocycles. The highest BCUT2D eigenvalue weighted by atomic mass is 32.1. The second-order valence-corrected chi connectivity index (χ2v) is 3.66. The maximum atomic E-state index is 11.0. The zero-order valence-corrected chi connectivity index (χ0v) is 8.34. The highest BCUT2D eigenvalue weighted by Gasteiger charge is 2.18. The van der Waals surface area contributed by atoms with Crippen LogP contribution in [0.4, 0.5) is 0 Å². The Morgan fingerprint density at radius 1 is 1.77 bits per heavy atom. The summed E-state index contributed by atoms with van der Waals surface area (Å²) in [4.78, 5) is 13.4. The molecule has 0 saturated carbocycles. The van der Waals surface area contributed by atoms with Crippen LogP contribution < -0.4 is 0 Å². The third-order valence-corrected chi connectivity index (χ3v) is 2.74. The molecule has 0 fully saturated rings. The molecule has 0 aliphatic rings. The van der Waals surface area contributed by atoms with E-state index in [0.717, 1.165) is 4.88 Å². The van der Waals surface area contributed by atoms with Gasteiger partial charge in [0.25, 0.3) is 0 Å². The van der Waals surface area contributed by atoms with Crippen LogP contribution in [0.25, 0.3) is 0 Å². The summed E-state index contributed by atoms with van der Waals surface area (Å²) in [6.07, 6.45) is 0. The third-order valence-electron chi connectivity index (χ3n) is 1.82. The van der Waals surface area contributed by atoms with Gasteiger partial charge in [-0.3, -0.25) is 4.79 Å². The fourth-order valence-electron chi connectivity index (χ4n) is 0.970. The maximum Gasteiger partial charge on any atom is 0.220 e. The predicted molar refractivity (Wildman–Crippen MR) is 51.1 cm³/mol. The molecule has 0 aliphatic heterocycles. The van der Waals surface area contributed by atoms with E-state index in [1.807, 2.05) is 17.5 Å². The lowest BCUT2D eigenvalue weighted by Gasteiger charge is -2.19. The standard InChI is InChI=1S/C9H10N2OS/c1-7(12)11(2)8(6-10)9-4-3-5-13-9/h3-5,8H,1-2H3. The molecule has 0 N–H and O–H groups in total. The lowest BCUT2D eigenvalue weighted by molar-refractivity contribution is -0.128. The third kappa shape index (κ3) is 2.07. The molecule has 0 spiro atoms. The van der Waals surface area contributed by atoms with E-state index < -0.39 is 6.04 Å². The van der Waals surface area contributed by atoms with Crippen molar-refractivity contribution in [3.05, 3.63) is 22.4 Å². The highest BCUT2D eigenvalue weighted by Crippen LogP contribution is 2.22. The number of nitriles is 1. The summed E-state index contributed by atoms with van der Waals surface area (Å²) >= 11 is 1.48. The zero-order chi connectivity index (χ0) is 9.84. The molecular formula is C9H10N2OS. The Morgan fingerprint density at radius 3 is 2.85 bits per heavy atom. The van der Waals surface area contributed by atoms with Gasteiger partial charge in [-0.2, -0.15) is 5.26 Å². The van der Waals surface area contributed by atoms with E-state index in [0.29, 0.717) is 0 Å². The molecule has 0 aromatic carbocycles. The predicted octanol–water partition coefficient (Wildman–Crippen LogP) is 1.79. The Hall–Kier alpha value is -1.34. The summed E-state index contributed by atoms with van der Waals surface area (Å²) in [7, 11) is 1.63. The second-order valence-electron chi connectivity index (χ2n) is 2.68. The normalized spacial score (nSPS) is 11.8. The number of amides is 1. The molecule has 1 unspecified atom stereocenters. The molecule has 0 saturated heterocycles. The van der Waals surface area contributed by atoms with Crippen molar-refractivity contribution < 1.29 is 4.79 Å². The first kappa shape index (κ1) is 9.75. The van der Waals surface area contributed by atoms with Crippen molar-refractivity contribution in [1.82, 2.24) is 4.90 Å². The zero-order valence-electron chi connectivity index (χ0n) is 7.52. The van der Waals surface area contributed by atoms with Gasteiger partial charge in [0.15, 0.2) is 6.04 Å². The smallest absolute Gasteiger partial charge is 0.220 e. The molecule has 68 valence electrons. The van der Waals surface area contributed by atoms with Crippen LogP contribution in [0.3, 0.4) is 0 Å². The van der Waals surface area contributed by atoms with Crippen LogP contribution in [0.1, 0.15) is 17.8 Å². The van der Waals surface area contributed by atoms with Gasteiger partial charge in [-0.05, 0) is 11.4 Å². The van der Waals surface area contributed by atoms with Crippen molar-refractivity contribution in [3.8, 4) is 6.07 Å². The molecule has 1 heterocycles. The number of carbonyl (C=O) groups excluding carboxylic acids is 1. The first-order valence-corrected chi connectivity index (χ1v) is 4.71. The van der Waals surface area contributed by atoms with Crippen LogP contribution in [0.2, 0.25) is 0 Å². The minimum atomic E-state index is -0.447. The van der Waals surface area contributed by atoms with Crippen molar-refractivity contribution in [2.75, 3.05) is 7.05 Å². The fraction of sp³-hybridized carbons (Fsp3) is 0.333. The molecule has 0 bridgehead atoms. The molecule has 0 aliphatic carbocycles. The average molecular weight is 194 g/mol. The van der Waals surface area contributed by atoms with E-state index in [1.165, 1.54) is 23.2 Å². The van der Waals surface area contributed by atoms with Gasteiger partial charge in [0, 0.05) is 18.8 Å². The van der Waals surface area contributed by atoms with E-state index in [9.17, 15) is 4.79 Å². The topological polar surface area (TPSA) is 44.1 Å². The van der Waals surface area contributed by atoms with E-state index in [1.54, 1.807) is 7.05 Å². The molecule has 3 nitrogen and oxygen atoms in total. The quantitative estimate of drug-likeness (QED) is 0.720. The number of nitrogens with zero attached hydrogens (tertiary/aromatic N) is 2. The van der Waals surface area contributed by atoms with Crippen molar-refractivity contribution in [1.29, 1.82) is 5.26 Å². The number of carbonyl (C=O) groups is 1. The summed E-state index contributed by atoms with van der Waals surface area (Å²) in [5.41, 5.74) is 0. The van der Waals surface area contributed by atoms with Crippen molar-refractivity contribution in [2.24, 2.45) is 0 Å². The van der Waals surface area contributed by atoms with Crippen LogP contribution >= 0.6 is 11.3 Å². The molecule has 1 atom stereocenters. The number of thiophene rings is 1. The SMILES string of the molecule is CC(=O)N(C)C(C#N)c1cccs1. The Labute approximate surface area is 81.2 Å². The maximum absolute atomic E-state index is 11.0. The van der Waals surface area contributed by atoms with E-state index in [-0.39, 0.29) is 5.91 Å². The van der Waals surface area contributed by atoms with Gasteiger partial charge in [0.2, 0.25) is 5.91 Å². The van der Waals surface area contributed by atoms with Crippen LogP contribution in [0, 0.1) is 11.3 Å². The van der Waals surface area contributed by atoms with E-state index in [2.05, 4.69) is 6.07 Å². The molecule has 0 radical (unpaired) electrons. The van der Waals surface area contributed by atoms with Crippen LogP contribution in [0.15, 0.2) is 17.5 Å². The molecule has 1 rings (SSSR count). The monoisotopic (exact) mass is 194 g/mol. The van der Waals surface area contributed by atoms with E-state index >= 15 is 0 Å². The summed E-state index contributed by atoms with van der Waals surface area (Å²) < 4.78 is 0. The summed E-state index contributed by atoms with van der Waals surface area (Å²) in [6, 6.07) is 5.39. The van der Waals surface area contributed by atoms with Crippen LogP contribution in [-0.2, 0) is 4.79 Å². The van der Waals surface area contributed by atoms with Crippen LogP contribution in [0.5, 0.6) is 0 Å². The van der Waals surface area contributed by atoms with Crippen molar-refractivity contribution >= 4 is 17.2 Å². The van der Waals surface area contributed by atoms with Gasteiger partial charge in [0.05, 0.1) is 6.07 Å². The summed E-state index contributed by atoms with van der Waals surface area (Å²) in [5.74, 6) is -0.0973. The fourth-order valence-corrected chi connectivity index (χ4v) is 1.78. The van der Waals surface area contributed by atoms with Gasteiger partial charge in [-0.1, -0.05) is 6.07 Å². The Bertz CT molecular complexity index is 326. The molecule has 1 amide bonds. The average Bonchev–Trinajstić information content (AvgIpc) is 2.58. The molecule has 4 heteroatoms. The first-order valence-electron chi connectivity index (χ1n) is 3.83. The minimum Gasteiger partial charge on any atom is -0.325 e. The Morgan fingerprint density at radius 2 is 2.46 bits per heavy atom. The highest BCUT2D eigenvalue weighted by molar-refractivity contribution is 7.10. The van der Waals surface area contributed by atoms with Gasteiger partial charge in [0.1, 0.15) is 0 Å². The Balaban J connectivity index is 2.88. The van der Waals surface area contributed by atoms with Gasteiger partial charge in [-0.15, -0.1) is 11.3 Å². The minimum absolute atomic E-state index is 0.0973. The molecule has 13 heavy (non-hydrogen) atoms. The molecule has 1 aromatic rings. The number of hydrogen-bond donors (Lipinski definition) is 0. The van der Waals surface area contributed by atoms with Crippen molar-refractivity contribution in [3.63, 3.8) is 0 Å². The summed E-state index contributed by atoms with van der Waals surface area (Å²) in [5, 5.41) is 10.8. The largest absolute Gasteiger partial charge is 0.325 e. The van der Waals surface area contributed by atoms with E-state index in [4.69, 9.17) is 5.26 Å². The van der Waals surface area contributed by atoms with Crippen molar-refractivity contribution in [2.45, 2.75) is 13.0 Å². The number of rotatable bonds is 2. The first-order chi connectivity index (χ1) is 6.16. The Kier molecular flexibility index (Phi) is 3.04. The van der Waals surface area contributed by atoms with Gasteiger partial charge >= 0.3 is 0 Å². The summed E-state index contributed by atoms with van der Waals surface area (Å²) in [6.45, 7) is 1.46. The lowest BCUT2D eigenvalue weighted by Crippen LogP contribution is -2.27. The second kappa shape index (κ2) is 4.06. The van der Waals surface area contributed by atoms with Crippen LogP contribution in [-0.4, -0.2) is 17.9 Å². The molecular weight excluding hydrogens is 184 g/mol. The number of hydrogen-bond acceptors (Lipinski definition) is 3. The van der Waals surface area contributed by atoms with Gasteiger partial charge in [-0.25, -0.2) is 0 Å².